The Morgan fingerprint density at radius 2 is 2.30 bits per heavy atom. The first kappa shape index (κ1) is 6.62. The quantitative estimate of drug-likeness (QED) is 0.560. The molecule has 2 N–H and O–H groups in total. The molecule has 2 rings (SSSR count). The molecule has 2 fully saturated rings. The molecule has 4 atom stereocenters. The Kier molecular flexibility index (Phi) is 1.15. The maximum Gasteiger partial charge on any atom is 0.0753 e. The van der Waals surface area contributed by atoms with Crippen molar-refractivity contribution in [1.82, 2.24) is 0 Å². The van der Waals surface area contributed by atoms with Crippen molar-refractivity contribution in [1.29, 1.82) is 0 Å². The minimum atomic E-state index is -0.450. The number of hydrogen-bond acceptors (Lipinski definition) is 2. The fourth-order valence-corrected chi connectivity index (χ4v) is 2.59. The Morgan fingerprint density at radius 1 is 1.60 bits per heavy atom. The molecule has 4 unspecified atom stereocenters. The summed E-state index contributed by atoms with van der Waals surface area (Å²) in [4.78, 5) is 0. The molecule has 58 valence electrons. The Bertz CT molecular complexity index is 157. The summed E-state index contributed by atoms with van der Waals surface area (Å²) in [6.07, 6.45) is 2.64. The van der Waals surface area contributed by atoms with Gasteiger partial charge in [0.1, 0.15) is 0 Å². The molecule has 0 amide bonds. The number of rotatable bonds is 1. The minimum absolute atomic E-state index is 0.172. The highest BCUT2D eigenvalue weighted by Crippen LogP contribution is 2.58. The zero-order valence-electron chi connectivity index (χ0n) is 6.25. The van der Waals surface area contributed by atoms with Crippen LogP contribution >= 0.6 is 0 Å². The molecule has 0 radical (unpaired) electrons. The van der Waals surface area contributed by atoms with E-state index in [0.29, 0.717) is 0 Å². The van der Waals surface area contributed by atoms with Crippen LogP contribution in [0.4, 0.5) is 0 Å². The molecule has 0 bridgehead atoms. The number of hydrogen-bond donors (Lipinski definition) is 2. The van der Waals surface area contributed by atoms with Gasteiger partial charge in [-0.3, -0.25) is 0 Å². The van der Waals surface area contributed by atoms with Crippen LogP contribution < -0.4 is 0 Å². The second kappa shape index (κ2) is 1.74. The lowest BCUT2D eigenvalue weighted by Gasteiger charge is -2.63. The fraction of sp³-hybridized carbons (Fsp3) is 1.00. The smallest absolute Gasteiger partial charge is 0.0753 e. The highest BCUT2D eigenvalue weighted by atomic mass is 16.3. The molecule has 0 heterocycles. The molecule has 0 aliphatic heterocycles. The highest BCUT2D eigenvalue weighted by molar-refractivity contribution is 5.15. The van der Waals surface area contributed by atoms with Gasteiger partial charge in [0.2, 0.25) is 0 Å². The van der Waals surface area contributed by atoms with Crippen LogP contribution in [0.25, 0.3) is 0 Å². The van der Waals surface area contributed by atoms with Gasteiger partial charge in [0.15, 0.2) is 0 Å². The van der Waals surface area contributed by atoms with E-state index in [4.69, 9.17) is 0 Å². The molecule has 0 aromatic carbocycles. The van der Waals surface area contributed by atoms with Gasteiger partial charge in [0.25, 0.3) is 0 Å². The lowest BCUT2D eigenvalue weighted by atomic mass is 9.47. The lowest BCUT2D eigenvalue weighted by molar-refractivity contribution is -0.283. The van der Waals surface area contributed by atoms with Gasteiger partial charge < -0.3 is 10.2 Å². The average molecular weight is 142 g/mol. The van der Waals surface area contributed by atoms with Crippen LogP contribution in [0.3, 0.4) is 0 Å². The molecule has 0 spiro atoms. The summed E-state index contributed by atoms with van der Waals surface area (Å²) >= 11 is 0. The predicted molar refractivity (Wildman–Crippen MR) is 37.5 cm³/mol. The van der Waals surface area contributed by atoms with Gasteiger partial charge in [0.05, 0.1) is 11.7 Å². The van der Waals surface area contributed by atoms with E-state index in [1.807, 2.05) is 6.92 Å². The summed E-state index contributed by atoms with van der Waals surface area (Å²) in [6, 6.07) is 0. The molecular weight excluding hydrogens is 128 g/mol. The molecule has 0 aromatic heterocycles. The van der Waals surface area contributed by atoms with Crippen molar-refractivity contribution in [2.45, 2.75) is 37.9 Å². The Hall–Kier alpha value is -0.0800. The molecular formula is C8H14O2. The first-order valence-corrected chi connectivity index (χ1v) is 4.10. The molecule has 2 aliphatic rings. The summed E-state index contributed by atoms with van der Waals surface area (Å²) in [5.74, 6) is 0.392. The van der Waals surface area contributed by atoms with E-state index in [1.165, 1.54) is 0 Å². The molecule has 2 aliphatic carbocycles. The normalized spacial score (nSPS) is 58.5. The van der Waals surface area contributed by atoms with E-state index in [0.717, 1.165) is 19.3 Å². The summed E-state index contributed by atoms with van der Waals surface area (Å²) in [6.45, 7) is 2.03. The predicted octanol–water partition coefficient (Wildman–Crippen LogP) is 0.528. The molecule has 0 aromatic rings. The van der Waals surface area contributed by atoms with Gasteiger partial charge >= 0.3 is 0 Å². The SMILES string of the molecule is CCC1C(O)C2CCC12O. The minimum Gasteiger partial charge on any atom is -0.392 e. The third-order valence-corrected chi connectivity index (χ3v) is 3.40. The summed E-state index contributed by atoms with van der Waals surface area (Å²) in [5, 5.41) is 19.1. The van der Waals surface area contributed by atoms with E-state index < -0.39 is 5.60 Å². The molecule has 2 saturated carbocycles. The van der Waals surface area contributed by atoms with Gasteiger partial charge in [-0.05, 0) is 19.3 Å². The summed E-state index contributed by atoms with van der Waals surface area (Å²) < 4.78 is 0. The second-order valence-electron chi connectivity index (χ2n) is 3.64. The maximum absolute atomic E-state index is 9.74. The van der Waals surface area contributed by atoms with Crippen LogP contribution in [-0.4, -0.2) is 21.9 Å². The van der Waals surface area contributed by atoms with Gasteiger partial charge in [-0.1, -0.05) is 6.92 Å². The number of aliphatic hydroxyl groups is 2. The van der Waals surface area contributed by atoms with Crippen molar-refractivity contribution >= 4 is 0 Å². The van der Waals surface area contributed by atoms with Crippen LogP contribution in [0.5, 0.6) is 0 Å². The topological polar surface area (TPSA) is 40.5 Å². The molecule has 0 saturated heterocycles. The largest absolute Gasteiger partial charge is 0.392 e. The van der Waals surface area contributed by atoms with E-state index in [1.54, 1.807) is 0 Å². The fourth-order valence-electron chi connectivity index (χ4n) is 2.59. The molecule has 2 heteroatoms. The van der Waals surface area contributed by atoms with Crippen molar-refractivity contribution in [3.8, 4) is 0 Å². The van der Waals surface area contributed by atoms with Gasteiger partial charge in [-0.25, -0.2) is 0 Å². The Labute approximate surface area is 60.9 Å². The van der Waals surface area contributed by atoms with Crippen LogP contribution in [0.15, 0.2) is 0 Å². The highest BCUT2D eigenvalue weighted by Gasteiger charge is 2.65. The van der Waals surface area contributed by atoms with Gasteiger partial charge in [0, 0.05) is 11.8 Å². The number of fused-ring (bicyclic) bond motifs is 1. The van der Waals surface area contributed by atoms with Crippen LogP contribution in [0.1, 0.15) is 26.2 Å². The van der Waals surface area contributed by atoms with E-state index in [9.17, 15) is 10.2 Å². The zero-order chi connectivity index (χ0) is 7.35. The number of aliphatic hydroxyl groups excluding tert-OH is 1. The monoisotopic (exact) mass is 142 g/mol. The maximum atomic E-state index is 9.74. The second-order valence-corrected chi connectivity index (χ2v) is 3.64. The standard InChI is InChI=1S/C8H14O2/c1-2-5-7(9)6-3-4-8(5,6)10/h5-7,9-10H,2-4H2,1H3. The first-order chi connectivity index (χ1) is 4.70. The summed E-state index contributed by atoms with van der Waals surface area (Å²) in [7, 11) is 0. The Balaban J connectivity index is 2.09. The van der Waals surface area contributed by atoms with Gasteiger partial charge in [-0.2, -0.15) is 0 Å². The van der Waals surface area contributed by atoms with E-state index >= 15 is 0 Å². The Morgan fingerprint density at radius 3 is 2.50 bits per heavy atom. The third kappa shape index (κ3) is 0.487. The van der Waals surface area contributed by atoms with Crippen molar-refractivity contribution in [3.05, 3.63) is 0 Å². The van der Waals surface area contributed by atoms with E-state index in [-0.39, 0.29) is 17.9 Å². The molecule has 2 nitrogen and oxygen atoms in total. The van der Waals surface area contributed by atoms with Crippen molar-refractivity contribution < 1.29 is 10.2 Å². The van der Waals surface area contributed by atoms with Crippen LogP contribution in [0.2, 0.25) is 0 Å². The van der Waals surface area contributed by atoms with Crippen molar-refractivity contribution in [3.63, 3.8) is 0 Å². The van der Waals surface area contributed by atoms with Crippen LogP contribution in [-0.2, 0) is 0 Å². The third-order valence-electron chi connectivity index (χ3n) is 3.40. The molecule has 10 heavy (non-hydrogen) atoms. The van der Waals surface area contributed by atoms with Gasteiger partial charge in [-0.15, -0.1) is 0 Å². The van der Waals surface area contributed by atoms with Crippen molar-refractivity contribution in [2.24, 2.45) is 11.8 Å². The zero-order valence-corrected chi connectivity index (χ0v) is 6.25. The van der Waals surface area contributed by atoms with Crippen molar-refractivity contribution in [2.75, 3.05) is 0 Å². The average Bonchev–Trinajstić information content (AvgIpc) is 1.87. The van der Waals surface area contributed by atoms with E-state index in [2.05, 4.69) is 0 Å². The van der Waals surface area contributed by atoms with Crippen LogP contribution in [0, 0.1) is 11.8 Å². The lowest BCUT2D eigenvalue weighted by Crippen LogP contribution is -2.71. The summed E-state index contributed by atoms with van der Waals surface area (Å²) in [5.41, 5.74) is -0.450. The first-order valence-electron chi connectivity index (χ1n) is 4.10.